The number of rotatable bonds is 6. The first-order valence-corrected chi connectivity index (χ1v) is 12.8. The van der Waals surface area contributed by atoms with Gasteiger partial charge in [-0.05, 0) is 42.3 Å². The van der Waals surface area contributed by atoms with E-state index in [1.807, 2.05) is 6.07 Å². The summed E-state index contributed by atoms with van der Waals surface area (Å²) in [5, 5.41) is 17.6. The lowest BCUT2D eigenvalue weighted by molar-refractivity contribution is -0.00860. The molecule has 10 nitrogen and oxygen atoms in total. The van der Waals surface area contributed by atoms with E-state index in [0.29, 0.717) is 54.5 Å². The second-order valence-corrected chi connectivity index (χ2v) is 10.6. The van der Waals surface area contributed by atoms with Crippen molar-refractivity contribution in [3.05, 3.63) is 53.4 Å². The zero-order chi connectivity index (χ0) is 27.0. The molecule has 3 aromatic rings. The smallest absolute Gasteiger partial charge is 0.270 e. The molecule has 11 heteroatoms. The maximum absolute atomic E-state index is 14.7. The van der Waals surface area contributed by atoms with E-state index in [4.69, 9.17) is 6.57 Å². The van der Waals surface area contributed by atoms with Crippen LogP contribution >= 0.6 is 0 Å². The number of aliphatic hydroxyl groups excluding tert-OH is 1. The van der Waals surface area contributed by atoms with Gasteiger partial charge in [-0.25, -0.2) is 20.9 Å². The van der Waals surface area contributed by atoms with E-state index in [2.05, 4.69) is 49.3 Å². The zero-order valence-electron chi connectivity index (χ0n) is 21.6. The van der Waals surface area contributed by atoms with E-state index in [0.717, 1.165) is 10.9 Å². The number of anilines is 3. The van der Waals surface area contributed by atoms with Crippen molar-refractivity contribution in [3.63, 3.8) is 0 Å². The SMILES string of the molecule is [C-]#[N+]C1CC(NC(=O)c2ncc(C(C)C)c3cc(Nc4ccnc(N5CC[C@@H](O)[C@@](C)(F)C5)n4)ncc23)C1. The Labute approximate surface area is 220 Å². The van der Waals surface area contributed by atoms with Crippen LogP contribution in [0.4, 0.5) is 22.0 Å². The van der Waals surface area contributed by atoms with E-state index < -0.39 is 11.8 Å². The van der Waals surface area contributed by atoms with Crippen LogP contribution in [-0.2, 0) is 0 Å². The fraction of sp³-hybridized carbons (Fsp3) is 0.481. The van der Waals surface area contributed by atoms with Gasteiger partial charge in [0.2, 0.25) is 12.0 Å². The number of aliphatic hydroxyl groups is 1. The molecule has 198 valence electrons. The number of nitrogens with one attached hydrogen (secondary N) is 2. The molecule has 3 N–H and O–H groups in total. The molecule has 2 fully saturated rings. The number of aromatic nitrogens is 4. The fourth-order valence-corrected chi connectivity index (χ4v) is 4.94. The summed E-state index contributed by atoms with van der Waals surface area (Å²) in [6, 6.07) is 3.54. The summed E-state index contributed by atoms with van der Waals surface area (Å²) in [5.74, 6) is 1.29. The number of piperidine rings is 1. The molecule has 3 aromatic heterocycles. The third-order valence-corrected chi connectivity index (χ3v) is 7.32. The Bertz CT molecular complexity index is 1400. The summed E-state index contributed by atoms with van der Waals surface area (Å²) < 4.78 is 14.7. The van der Waals surface area contributed by atoms with Crippen molar-refractivity contribution >= 4 is 34.3 Å². The number of amides is 1. The number of carbonyl (C=O) groups is 1. The Kier molecular flexibility index (Phi) is 6.84. The van der Waals surface area contributed by atoms with E-state index in [1.54, 1.807) is 29.6 Å². The fourth-order valence-electron chi connectivity index (χ4n) is 4.94. The maximum atomic E-state index is 14.7. The molecule has 38 heavy (non-hydrogen) atoms. The van der Waals surface area contributed by atoms with Crippen LogP contribution in [0.3, 0.4) is 0 Å². The molecule has 2 atom stereocenters. The van der Waals surface area contributed by atoms with Crippen LogP contribution in [0, 0.1) is 6.57 Å². The van der Waals surface area contributed by atoms with Gasteiger partial charge >= 0.3 is 0 Å². The lowest BCUT2D eigenvalue weighted by Gasteiger charge is -2.38. The van der Waals surface area contributed by atoms with Gasteiger partial charge in [0.1, 0.15) is 17.3 Å². The predicted molar refractivity (Wildman–Crippen MR) is 142 cm³/mol. The highest BCUT2D eigenvalue weighted by atomic mass is 19.1. The Morgan fingerprint density at radius 3 is 2.74 bits per heavy atom. The molecule has 1 aliphatic carbocycles. The summed E-state index contributed by atoms with van der Waals surface area (Å²) in [4.78, 5) is 36.1. The van der Waals surface area contributed by atoms with Gasteiger partial charge in [0, 0.05) is 49.4 Å². The Morgan fingerprint density at radius 1 is 1.24 bits per heavy atom. The van der Waals surface area contributed by atoms with Gasteiger partial charge in [0.25, 0.3) is 5.91 Å². The molecule has 0 aromatic carbocycles. The van der Waals surface area contributed by atoms with Crippen LogP contribution in [0.2, 0.25) is 0 Å². The van der Waals surface area contributed by atoms with Crippen molar-refractivity contribution in [2.75, 3.05) is 23.3 Å². The molecule has 1 saturated carbocycles. The Balaban J connectivity index is 1.40. The minimum Gasteiger partial charge on any atom is -0.390 e. The van der Waals surface area contributed by atoms with Crippen molar-refractivity contribution in [3.8, 4) is 0 Å². The van der Waals surface area contributed by atoms with E-state index in [1.165, 1.54) is 6.92 Å². The third-order valence-electron chi connectivity index (χ3n) is 7.32. The predicted octanol–water partition coefficient (Wildman–Crippen LogP) is 3.77. The normalized spacial score (nSPS) is 25.1. The van der Waals surface area contributed by atoms with Crippen LogP contribution in [0.1, 0.15) is 62.0 Å². The first-order valence-electron chi connectivity index (χ1n) is 12.8. The minimum absolute atomic E-state index is 0.000820. The lowest BCUT2D eigenvalue weighted by Crippen LogP contribution is -2.52. The molecular weight excluding hydrogens is 487 g/mol. The highest BCUT2D eigenvalue weighted by Crippen LogP contribution is 2.31. The number of hydrogen-bond acceptors (Lipinski definition) is 8. The number of fused-ring (bicyclic) bond motifs is 1. The largest absolute Gasteiger partial charge is 0.390 e. The number of carbonyl (C=O) groups excluding carboxylic acids is 1. The van der Waals surface area contributed by atoms with Crippen LogP contribution in [-0.4, -0.2) is 67.9 Å². The Hall–Kier alpha value is -3.91. The molecule has 0 spiro atoms. The molecule has 5 rings (SSSR count). The van der Waals surface area contributed by atoms with Crippen molar-refractivity contribution in [2.24, 2.45) is 0 Å². The van der Waals surface area contributed by atoms with Crippen LogP contribution in [0.25, 0.3) is 15.6 Å². The molecule has 4 heterocycles. The molecule has 1 amide bonds. The molecular formula is C27H31FN8O2. The zero-order valence-corrected chi connectivity index (χ0v) is 21.6. The highest BCUT2D eigenvalue weighted by Gasteiger charge is 2.40. The average Bonchev–Trinajstić information content (AvgIpc) is 2.86. The van der Waals surface area contributed by atoms with Crippen LogP contribution in [0.5, 0.6) is 0 Å². The van der Waals surface area contributed by atoms with Crippen molar-refractivity contribution in [2.45, 2.75) is 69.8 Å². The van der Waals surface area contributed by atoms with Gasteiger partial charge < -0.3 is 25.5 Å². The molecule has 0 radical (unpaired) electrons. The van der Waals surface area contributed by atoms with Gasteiger partial charge in [0.15, 0.2) is 5.67 Å². The number of nitrogens with zero attached hydrogens (tertiary/aromatic N) is 6. The number of alkyl halides is 1. The quantitative estimate of drug-likeness (QED) is 0.422. The topological polar surface area (TPSA) is 121 Å². The summed E-state index contributed by atoms with van der Waals surface area (Å²) in [6.45, 7) is 13.1. The number of pyridine rings is 2. The van der Waals surface area contributed by atoms with E-state index >= 15 is 0 Å². The van der Waals surface area contributed by atoms with Gasteiger partial charge in [-0.2, -0.15) is 4.98 Å². The van der Waals surface area contributed by atoms with E-state index in [9.17, 15) is 14.3 Å². The average molecular weight is 519 g/mol. The highest BCUT2D eigenvalue weighted by molar-refractivity contribution is 6.06. The van der Waals surface area contributed by atoms with Gasteiger partial charge in [0.05, 0.1) is 12.6 Å². The standard InChI is InChI=1S/C27H31FN8O2/c1-15(2)19-12-32-24(25(38)33-17-9-16(10-17)29-4)20-13-31-23(11-18(19)20)34-22-5-7-30-26(35-22)36-8-6-21(37)27(3,28)14-36/h5,7,11-13,15-17,21,37H,6,8-10,14H2,1-3H3,(H,33,38)(H,30,31,34,35)/t16?,17?,21-,27+/m1/s1. The van der Waals surface area contributed by atoms with Crippen LogP contribution < -0.4 is 15.5 Å². The Morgan fingerprint density at radius 2 is 2.03 bits per heavy atom. The summed E-state index contributed by atoms with van der Waals surface area (Å²) in [5.41, 5.74) is -0.454. The molecule has 1 saturated heterocycles. The second kappa shape index (κ2) is 10.1. The van der Waals surface area contributed by atoms with E-state index in [-0.39, 0.29) is 30.5 Å². The van der Waals surface area contributed by atoms with Gasteiger partial charge in [-0.1, -0.05) is 13.8 Å². The van der Waals surface area contributed by atoms with Gasteiger partial charge in [-0.3, -0.25) is 9.78 Å². The molecule has 0 unspecified atom stereocenters. The molecule has 2 aliphatic rings. The monoisotopic (exact) mass is 518 g/mol. The second-order valence-electron chi connectivity index (χ2n) is 10.6. The molecule has 0 bridgehead atoms. The van der Waals surface area contributed by atoms with Crippen molar-refractivity contribution < 1.29 is 14.3 Å². The summed E-state index contributed by atoms with van der Waals surface area (Å²) in [7, 11) is 0. The van der Waals surface area contributed by atoms with Crippen molar-refractivity contribution in [1.82, 2.24) is 25.3 Å². The van der Waals surface area contributed by atoms with Crippen molar-refractivity contribution in [1.29, 1.82) is 0 Å². The third kappa shape index (κ3) is 5.09. The summed E-state index contributed by atoms with van der Waals surface area (Å²) >= 11 is 0. The summed E-state index contributed by atoms with van der Waals surface area (Å²) in [6.07, 6.45) is 5.57. The molecule has 1 aliphatic heterocycles. The lowest BCUT2D eigenvalue weighted by atomic mass is 9.87. The number of halogens is 1. The number of hydrogen-bond donors (Lipinski definition) is 3. The van der Waals surface area contributed by atoms with Crippen LogP contribution in [0.15, 0.2) is 30.7 Å². The first-order chi connectivity index (χ1) is 18.1. The maximum Gasteiger partial charge on any atom is 0.270 e. The minimum atomic E-state index is -1.74. The first kappa shape index (κ1) is 25.7. The van der Waals surface area contributed by atoms with Gasteiger partial charge in [-0.15, -0.1) is 0 Å².